The number of anilines is 2. The van der Waals surface area contributed by atoms with Gasteiger partial charge in [0.2, 0.25) is 0 Å². The summed E-state index contributed by atoms with van der Waals surface area (Å²) in [4.78, 5) is 16.9. The van der Waals surface area contributed by atoms with Crippen LogP contribution in [-0.2, 0) is 0 Å². The molecule has 0 fully saturated rings. The van der Waals surface area contributed by atoms with Gasteiger partial charge in [-0.15, -0.1) is 0 Å². The Bertz CT molecular complexity index is 1030. The second kappa shape index (κ2) is 6.46. The lowest BCUT2D eigenvalue weighted by Crippen LogP contribution is -1.94. The van der Waals surface area contributed by atoms with Gasteiger partial charge in [0.1, 0.15) is 23.3 Å². The average Bonchev–Trinajstić information content (AvgIpc) is 3.32. The third-order valence-corrected chi connectivity index (χ3v) is 4.26. The fourth-order valence-electron chi connectivity index (χ4n) is 2.23. The molecule has 0 spiro atoms. The SMILES string of the molecule is N#Cc1cccc(-c2nc(Nc3cnccn3)sc2-n2cncn2)c1. The Balaban J connectivity index is 1.80. The molecule has 0 saturated heterocycles. The van der Waals surface area contributed by atoms with Crippen molar-refractivity contribution in [1.29, 1.82) is 5.26 Å². The molecule has 3 heterocycles. The molecule has 25 heavy (non-hydrogen) atoms. The maximum absolute atomic E-state index is 9.14. The fraction of sp³-hybridized carbons (Fsp3) is 0. The topological polar surface area (TPSA) is 105 Å². The van der Waals surface area contributed by atoms with Crippen molar-refractivity contribution in [3.8, 4) is 22.3 Å². The van der Waals surface area contributed by atoms with Crippen molar-refractivity contribution < 1.29 is 0 Å². The van der Waals surface area contributed by atoms with E-state index in [1.54, 1.807) is 41.7 Å². The Morgan fingerprint density at radius 3 is 2.92 bits per heavy atom. The maximum atomic E-state index is 9.14. The van der Waals surface area contributed by atoms with Gasteiger partial charge in [0.15, 0.2) is 10.9 Å². The lowest BCUT2D eigenvalue weighted by molar-refractivity contribution is 0.895. The molecule has 0 aliphatic heterocycles. The number of nitrogens with zero attached hydrogens (tertiary/aromatic N) is 7. The summed E-state index contributed by atoms with van der Waals surface area (Å²) in [6, 6.07) is 9.42. The molecule has 4 rings (SSSR count). The zero-order valence-electron chi connectivity index (χ0n) is 12.7. The van der Waals surface area contributed by atoms with Crippen LogP contribution in [-0.4, -0.2) is 29.7 Å². The normalized spacial score (nSPS) is 10.4. The molecule has 4 aromatic rings. The number of aromatic nitrogens is 6. The van der Waals surface area contributed by atoms with Crippen LogP contribution in [0.25, 0.3) is 16.3 Å². The number of thiazole rings is 1. The van der Waals surface area contributed by atoms with Crippen molar-refractivity contribution in [2.75, 3.05) is 5.32 Å². The summed E-state index contributed by atoms with van der Waals surface area (Å²) < 4.78 is 1.65. The van der Waals surface area contributed by atoms with Gasteiger partial charge in [-0.25, -0.2) is 19.6 Å². The minimum absolute atomic E-state index is 0.568. The summed E-state index contributed by atoms with van der Waals surface area (Å²) in [5.74, 6) is 0.596. The molecule has 9 heteroatoms. The highest BCUT2D eigenvalue weighted by Gasteiger charge is 2.16. The van der Waals surface area contributed by atoms with Gasteiger partial charge in [-0.1, -0.05) is 23.5 Å². The molecular formula is C16H10N8S. The Hall–Kier alpha value is -3.64. The zero-order valence-corrected chi connectivity index (χ0v) is 13.6. The molecule has 8 nitrogen and oxygen atoms in total. The van der Waals surface area contributed by atoms with E-state index in [4.69, 9.17) is 5.26 Å². The van der Waals surface area contributed by atoms with Crippen LogP contribution >= 0.6 is 11.3 Å². The molecule has 3 aromatic heterocycles. The molecule has 0 saturated carbocycles. The number of rotatable bonds is 4. The van der Waals surface area contributed by atoms with E-state index >= 15 is 0 Å². The van der Waals surface area contributed by atoms with E-state index in [1.165, 1.54) is 17.7 Å². The molecule has 1 N–H and O–H groups in total. The van der Waals surface area contributed by atoms with Gasteiger partial charge in [0.25, 0.3) is 0 Å². The Kier molecular flexibility index (Phi) is 3.86. The van der Waals surface area contributed by atoms with Crippen LogP contribution in [0.5, 0.6) is 0 Å². The highest BCUT2D eigenvalue weighted by atomic mass is 32.1. The minimum Gasteiger partial charge on any atom is -0.315 e. The maximum Gasteiger partial charge on any atom is 0.191 e. The van der Waals surface area contributed by atoms with E-state index in [1.807, 2.05) is 12.1 Å². The smallest absolute Gasteiger partial charge is 0.191 e. The molecule has 0 atom stereocenters. The van der Waals surface area contributed by atoms with Crippen molar-refractivity contribution in [3.63, 3.8) is 0 Å². The number of hydrogen-bond acceptors (Lipinski definition) is 8. The second-order valence-corrected chi connectivity index (χ2v) is 5.90. The van der Waals surface area contributed by atoms with Gasteiger partial charge < -0.3 is 5.32 Å². The van der Waals surface area contributed by atoms with E-state index in [-0.39, 0.29) is 0 Å². The predicted octanol–water partition coefficient (Wildman–Crippen LogP) is 2.80. The molecule has 0 radical (unpaired) electrons. The molecule has 1 aromatic carbocycles. The van der Waals surface area contributed by atoms with E-state index in [0.717, 1.165) is 10.6 Å². The van der Waals surface area contributed by atoms with Crippen LogP contribution in [0.3, 0.4) is 0 Å². The van der Waals surface area contributed by atoms with Crippen molar-refractivity contribution in [2.45, 2.75) is 0 Å². The van der Waals surface area contributed by atoms with Crippen LogP contribution in [0.15, 0.2) is 55.5 Å². The standard InChI is InChI=1S/C16H10N8S/c17-7-11-2-1-3-12(6-11)14-15(24-10-19-9-21-24)25-16(23-14)22-13-8-18-4-5-20-13/h1-6,8-10H,(H,20,22,23). The summed E-state index contributed by atoms with van der Waals surface area (Å²) in [6.45, 7) is 0. The van der Waals surface area contributed by atoms with Crippen molar-refractivity contribution in [3.05, 3.63) is 61.1 Å². The van der Waals surface area contributed by atoms with Crippen molar-refractivity contribution >= 4 is 22.3 Å². The Labute approximate surface area is 146 Å². The van der Waals surface area contributed by atoms with E-state index < -0.39 is 0 Å². The molecular weight excluding hydrogens is 336 g/mol. The van der Waals surface area contributed by atoms with Crippen LogP contribution in [0.2, 0.25) is 0 Å². The highest BCUT2D eigenvalue weighted by Crippen LogP contribution is 2.35. The largest absolute Gasteiger partial charge is 0.315 e. The first-order valence-corrected chi connectivity index (χ1v) is 8.04. The lowest BCUT2D eigenvalue weighted by atomic mass is 10.1. The fourth-order valence-corrected chi connectivity index (χ4v) is 3.15. The van der Waals surface area contributed by atoms with Crippen LogP contribution in [0.4, 0.5) is 10.9 Å². The summed E-state index contributed by atoms with van der Waals surface area (Å²) in [5, 5.41) is 17.9. The summed E-state index contributed by atoms with van der Waals surface area (Å²) in [5.41, 5.74) is 2.10. The predicted molar refractivity (Wildman–Crippen MR) is 92.5 cm³/mol. The summed E-state index contributed by atoms with van der Waals surface area (Å²) in [7, 11) is 0. The molecule has 0 amide bonds. The monoisotopic (exact) mass is 346 g/mol. The third-order valence-electron chi connectivity index (χ3n) is 3.30. The molecule has 0 bridgehead atoms. The summed E-state index contributed by atoms with van der Waals surface area (Å²) >= 11 is 1.41. The Morgan fingerprint density at radius 1 is 1.20 bits per heavy atom. The first kappa shape index (κ1) is 14.9. The average molecular weight is 346 g/mol. The summed E-state index contributed by atoms with van der Waals surface area (Å²) in [6.07, 6.45) is 7.90. The number of benzene rings is 1. The molecule has 0 unspecified atom stereocenters. The minimum atomic E-state index is 0.568. The van der Waals surface area contributed by atoms with Crippen molar-refractivity contribution in [1.82, 2.24) is 29.7 Å². The molecule has 0 aliphatic rings. The highest BCUT2D eigenvalue weighted by molar-refractivity contribution is 7.18. The van der Waals surface area contributed by atoms with Gasteiger partial charge in [-0.2, -0.15) is 10.4 Å². The number of nitrogens with one attached hydrogen (secondary N) is 1. The van der Waals surface area contributed by atoms with Crippen LogP contribution < -0.4 is 5.32 Å². The second-order valence-electron chi connectivity index (χ2n) is 4.92. The van der Waals surface area contributed by atoms with Gasteiger partial charge in [0, 0.05) is 18.0 Å². The van der Waals surface area contributed by atoms with Crippen LogP contribution in [0, 0.1) is 11.3 Å². The van der Waals surface area contributed by atoms with Gasteiger partial charge in [0.05, 0.1) is 17.8 Å². The van der Waals surface area contributed by atoms with E-state index in [9.17, 15) is 0 Å². The van der Waals surface area contributed by atoms with Crippen LogP contribution in [0.1, 0.15) is 5.56 Å². The molecule has 0 aliphatic carbocycles. The van der Waals surface area contributed by atoms with Crippen molar-refractivity contribution in [2.24, 2.45) is 0 Å². The van der Waals surface area contributed by atoms with Gasteiger partial charge >= 0.3 is 0 Å². The zero-order chi connectivity index (χ0) is 17.1. The Morgan fingerprint density at radius 2 is 2.16 bits per heavy atom. The quantitative estimate of drug-likeness (QED) is 0.605. The lowest BCUT2D eigenvalue weighted by Gasteiger charge is -2.02. The molecule has 120 valence electrons. The van der Waals surface area contributed by atoms with E-state index in [2.05, 4.69) is 36.4 Å². The number of nitriles is 1. The van der Waals surface area contributed by atoms with E-state index in [0.29, 0.717) is 22.2 Å². The third kappa shape index (κ3) is 3.06. The van der Waals surface area contributed by atoms with Gasteiger partial charge in [-0.3, -0.25) is 4.98 Å². The first-order chi connectivity index (χ1) is 12.3. The van der Waals surface area contributed by atoms with Gasteiger partial charge in [-0.05, 0) is 12.1 Å². The number of hydrogen-bond donors (Lipinski definition) is 1. The first-order valence-electron chi connectivity index (χ1n) is 7.23.